The number of phenols is 1. The van der Waals surface area contributed by atoms with E-state index in [1.54, 1.807) is 20.1 Å². The first-order chi connectivity index (χ1) is 16.4. The molecule has 1 aliphatic carbocycles. The van der Waals surface area contributed by atoms with Gasteiger partial charge in [0.15, 0.2) is 0 Å². The molecule has 1 saturated carbocycles. The maximum Gasteiger partial charge on any atom is 0.263 e. The third kappa shape index (κ3) is 3.80. The molecule has 3 N–H and O–H groups in total. The molecule has 0 aliphatic heterocycles. The molecule has 0 spiro atoms. The van der Waals surface area contributed by atoms with Gasteiger partial charge in [-0.1, -0.05) is 12.1 Å². The highest BCUT2D eigenvalue weighted by atomic mass is 32.1. The van der Waals surface area contributed by atoms with Crippen molar-refractivity contribution in [2.75, 3.05) is 20.3 Å². The first-order valence-electron chi connectivity index (χ1n) is 11.1. The quantitative estimate of drug-likeness (QED) is 0.375. The van der Waals surface area contributed by atoms with E-state index in [4.69, 9.17) is 14.8 Å². The predicted octanol–water partition coefficient (Wildman–Crippen LogP) is 3.29. The van der Waals surface area contributed by atoms with E-state index in [0.717, 1.165) is 29.7 Å². The molecular formula is C25H25N3O5S. The Kier molecular flexibility index (Phi) is 5.75. The topological polar surface area (TPSA) is 114 Å². The molecule has 5 rings (SSSR count). The lowest BCUT2D eigenvalue weighted by Gasteiger charge is -2.16. The highest BCUT2D eigenvalue weighted by Gasteiger charge is 2.29. The van der Waals surface area contributed by atoms with Crippen molar-refractivity contribution >= 4 is 37.5 Å². The van der Waals surface area contributed by atoms with Crippen LogP contribution in [0.2, 0.25) is 0 Å². The standard InChI is InChI=1S/C25H25N3O5S/c1-13-3-7-17-20-24(34-22(17)21(13)31)27-23(28(25(20)32)12-19(30)26-9-10-29)16-8-6-15(33-2)11-18(16)14-4-5-14/h3,6-8,11,14,29,31H,4-5,9-10,12H2,1-2H3,(H,26,30). The average molecular weight is 480 g/mol. The van der Waals surface area contributed by atoms with Crippen LogP contribution in [0, 0.1) is 6.92 Å². The predicted molar refractivity (Wildman–Crippen MR) is 132 cm³/mol. The molecule has 9 heteroatoms. The second-order valence-corrected chi connectivity index (χ2v) is 9.52. The maximum atomic E-state index is 13.8. The molecule has 1 fully saturated rings. The van der Waals surface area contributed by atoms with Crippen LogP contribution in [0.4, 0.5) is 0 Å². The van der Waals surface area contributed by atoms with E-state index >= 15 is 0 Å². The van der Waals surface area contributed by atoms with Crippen LogP contribution in [0.1, 0.15) is 29.9 Å². The summed E-state index contributed by atoms with van der Waals surface area (Å²) in [4.78, 5) is 31.8. The molecule has 0 unspecified atom stereocenters. The third-order valence-electron chi connectivity index (χ3n) is 6.19. The van der Waals surface area contributed by atoms with Crippen LogP contribution in [0.3, 0.4) is 0 Å². The van der Waals surface area contributed by atoms with Crippen molar-refractivity contribution in [2.24, 2.45) is 0 Å². The Morgan fingerprint density at radius 2 is 2.09 bits per heavy atom. The number of carbonyl (C=O) groups is 1. The van der Waals surface area contributed by atoms with Crippen molar-refractivity contribution in [2.45, 2.75) is 32.2 Å². The number of ether oxygens (including phenoxy) is 1. The monoisotopic (exact) mass is 479 g/mol. The number of benzene rings is 2. The number of nitrogens with zero attached hydrogens (tertiary/aromatic N) is 2. The van der Waals surface area contributed by atoms with Crippen molar-refractivity contribution in [1.29, 1.82) is 0 Å². The molecule has 0 saturated heterocycles. The lowest BCUT2D eigenvalue weighted by atomic mass is 10.0. The Bertz CT molecular complexity index is 1490. The second-order valence-electron chi connectivity index (χ2n) is 8.52. The van der Waals surface area contributed by atoms with Gasteiger partial charge >= 0.3 is 0 Å². The number of thiophene rings is 1. The highest BCUT2D eigenvalue weighted by molar-refractivity contribution is 7.25. The number of aliphatic hydroxyl groups excluding tert-OH is 1. The van der Waals surface area contributed by atoms with Gasteiger partial charge in [-0.15, -0.1) is 11.3 Å². The number of hydrogen-bond acceptors (Lipinski definition) is 7. The lowest BCUT2D eigenvalue weighted by Crippen LogP contribution is -2.35. The molecule has 34 heavy (non-hydrogen) atoms. The number of fused-ring (bicyclic) bond motifs is 3. The SMILES string of the molecule is COc1ccc(-c2nc3sc4c(O)c(C)ccc4c3c(=O)n2CC(=O)NCCO)c(C2CC2)c1. The van der Waals surface area contributed by atoms with Gasteiger partial charge in [0.2, 0.25) is 5.91 Å². The maximum absolute atomic E-state index is 13.8. The van der Waals surface area contributed by atoms with Crippen LogP contribution in [0.25, 0.3) is 31.7 Å². The van der Waals surface area contributed by atoms with Crippen LogP contribution in [0.5, 0.6) is 11.5 Å². The van der Waals surface area contributed by atoms with E-state index < -0.39 is 5.91 Å². The molecule has 2 aromatic carbocycles. The number of hydrogen-bond donors (Lipinski definition) is 3. The number of amides is 1. The number of aliphatic hydroxyl groups is 1. The molecule has 2 heterocycles. The molecule has 1 amide bonds. The minimum atomic E-state index is -0.390. The number of methoxy groups -OCH3 is 1. The zero-order valence-electron chi connectivity index (χ0n) is 18.9. The van der Waals surface area contributed by atoms with E-state index in [-0.39, 0.29) is 31.0 Å². The van der Waals surface area contributed by atoms with E-state index in [1.807, 2.05) is 24.3 Å². The summed E-state index contributed by atoms with van der Waals surface area (Å²) in [5, 5.41) is 23.3. The summed E-state index contributed by atoms with van der Waals surface area (Å²) in [6.07, 6.45) is 2.08. The molecule has 8 nitrogen and oxygen atoms in total. The molecular weight excluding hydrogens is 454 g/mol. The van der Waals surface area contributed by atoms with Gasteiger partial charge in [0, 0.05) is 17.5 Å². The fourth-order valence-electron chi connectivity index (χ4n) is 4.26. The van der Waals surface area contributed by atoms with E-state index in [2.05, 4.69) is 5.32 Å². The van der Waals surface area contributed by atoms with Crippen LogP contribution in [0.15, 0.2) is 35.1 Å². The van der Waals surface area contributed by atoms with Gasteiger partial charge in [-0.2, -0.15) is 0 Å². The van der Waals surface area contributed by atoms with E-state index in [9.17, 15) is 14.7 Å². The molecule has 0 radical (unpaired) electrons. The fourth-order valence-corrected chi connectivity index (χ4v) is 5.42. The van der Waals surface area contributed by atoms with Crippen molar-refractivity contribution in [1.82, 2.24) is 14.9 Å². The minimum Gasteiger partial charge on any atom is -0.506 e. The van der Waals surface area contributed by atoms with Gasteiger partial charge in [0.05, 0.1) is 23.8 Å². The first kappa shape index (κ1) is 22.4. The van der Waals surface area contributed by atoms with Crippen molar-refractivity contribution < 1.29 is 19.7 Å². The Labute approximate surface area is 199 Å². The zero-order chi connectivity index (χ0) is 24.0. The minimum absolute atomic E-state index is 0.100. The van der Waals surface area contributed by atoms with Gasteiger partial charge in [0.1, 0.15) is 28.7 Å². The van der Waals surface area contributed by atoms with E-state index in [0.29, 0.717) is 37.6 Å². The van der Waals surface area contributed by atoms with Crippen LogP contribution < -0.4 is 15.6 Å². The summed E-state index contributed by atoms with van der Waals surface area (Å²) in [5.41, 5.74) is 2.20. The van der Waals surface area contributed by atoms with Gasteiger partial charge in [-0.3, -0.25) is 14.2 Å². The number of carbonyl (C=O) groups excluding carboxylic acids is 1. The molecule has 2 aromatic heterocycles. The van der Waals surface area contributed by atoms with Gasteiger partial charge in [-0.05, 0) is 55.0 Å². The fraction of sp³-hybridized carbons (Fsp3) is 0.320. The zero-order valence-corrected chi connectivity index (χ0v) is 19.7. The highest BCUT2D eigenvalue weighted by Crippen LogP contribution is 2.46. The normalized spacial score (nSPS) is 13.5. The number of phenolic OH excluding ortho intramolecular Hbond substituents is 1. The number of rotatable bonds is 7. The largest absolute Gasteiger partial charge is 0.506 e. The molecule has 4 aromatic rings. The van der Waals surface area contributed by atoms with Crippen LogP contribution >= 0.6 is 11.3 Å². The molecule has 176 valence electrons. The van der Waals surface area contributed by atoms with Gasteiger partial charge in [-0.25, -0.2) is 4.98 Å². The third-order valence-corrected chi connectivity index (χ3v) is 7.30. The average Bonchev–Trinajstić information content (AvgIpc) is 3.62. The Balaban J connectivity index is 1.79. The van der Waals surface area contributed by atoms with Crippen LogP contribution in [-0.2, 0) is 11.3 Å². The summed E-state index contributed by atoms with van der Waals surface area (Å²) in [5.74, 6) is 1.23. The molecule has 0 atom stereocenters. The summed E-state index contributed by atoms with van der Waals surface area (Å²) in [6, 6.07) is 9.26. The number of aromatic nitrogens is 2. The van der Waals surface area contributed by atoms with Crippen LogP contribution in [-0.4, -0.2) is 45.9 Å². The summed E-state index contributed by atoms with van der Waals surface area (Å²) >= 11 is 1.27. The van der Waals surface area contributed by atoms with Crippen molar-refractivity contribution in [3.63, 3.8) is 0 Å². The molecule has 0 bridgehead atoms. The van der Waals surface area contributed by atoms with Gasteiger partial charge in [0.25, 0.3) is 5.56 Å². The lowest BCUT2D eigenvalue weighted by molar-refractivity contribution is -0.121. The van der Waals surface area contributed by atoms with Gasteiger partial charge < -0.3 is 20.3 Å². The number of aromatic hydroxyl groups is 1. The summed E-state index contributed by atoms with van der Waals surface area (Å²) in [7, 11) is 1.61. The smallest absolute Gasteiger partial charge is 0.263 e. The summed E-state index contributed by atoms with van der Waals surface area (Å²) < 4.78 is 7.42. The Morgan fingerprint density at radius 3 is 2.79 bits per heavy atom. The van der Waals surface area contributed by atoms with Crippen molar-refractivity contribution in [3.8, 4) is 22.9 Å². The Hall–Kier alpha value is -3.43. The molecule has 1 aliphatic rings. The number of nitrogens with one attached hydrogen (secondary N) is 1. The second kappa shape index (κ2) is 8.73. The Morgan fingerprint density at radius 1 is 1.29 bits per heavy atom. The van der Waals surface area contributed by atoms with Crippen molar-refractivity contribution in [3.05, 3.63) is 51.8 Å². The van der Waals surface area contributed by atoms with E-state index in [1.165, 1.54) is 15.9 Å². The summed E-state index contributed by atoms with van der Waals surface area (Å²) in [6.45, 7) is 1.48. The first-order valence-corrected chi connectivity index (χ1v) is 12.0. The number of aryl methyl sites for hydroxylation is 1.